The van der Waals surface area contributed by atoms with Gasteiger partial charge >= 0.3 is 6.09 Å². The number of hydrogen-bond acceptors (Lipinski definition) is 2. The number of aromatic nitrogens is 1. The summed E-state index contributed by atoms with van der Waals surface area (Å²) in [5, 5.41) is 0. The van der Waals surface area contributed by atoms with Gasteiger partial charge in [0.1, 0.15) is 5.60 Å². The van der Waals surface area contributed by atoms with Crippen LogP contribution in [0.5, 0.6) is 0 Å². The van der Waals surface area contributed by atoms with Gasteiger partial charge in [-0.3, -0.25) is 0 Å². The third kappa shape index (κ3) is 3.02. The van der Waals surface area contributed by atoms with Gasteiger partial charge in [0.15, 0.2) is 0 Å². The first kappa shape index (κ1) is 12.0. The fourth-order valence-corrected chi connectivity index (χ4v) is 2.10. The molecule has 1 atom stereocenters. The number of rotatable bonds is 1. The lowest BCUT2D eigenvalue weighted by molar-refractivity contribution is 0.0292. The smallest absolute Gasteiger partial charge is 0.410 e. The summed E-state index contributed by atoms with van der Waals surface area (Å²) in [6.07, 6.45) is 2.72. The van der Waals surface area contributed by atoms with E-state index in [2.05, 4.69) is 11.1 Å². The molecule has 4 heteroatoms. The number of ether oxygens (including phenoxy) is 1. The monoisotopic (exact) mass is 236 g/mol. The second-order valence-corrected chi connectivity index (χ2v) is 5.54. The molecule has 1 unspecified atom stereocenters. The maximum atomic E-state index is 11.9. The van der Waals surface area contributed by atoms with Crippen LogP contribution in [0.2, 0.25) is 0 Å². The Balaban J connectivity index is 1.92. The number of H-pyrrole nitrogens is 1. The largest absolute Gasteiger partial charge is 0.444 e. The molecule has 4 nitrogen and oxygen atoms in total. The van der Waals surface area contributed by atoms with E-state index >= 15 is 0 Å². The van der Waals surface area contributed by atoms with Crippen molar-refractivity contribution in [3.63, 3.8) is 0 Å². The Morgan fingerprint density at radius 3 is 2.88 bits per heavy atom. The molecule has 1 aliphatic heterocycles. The average molecular weight is 236 g/mol. The molecule has 1 aromatic heterocycles. The van der Waals surface area contributed by atoms with Crippen molar-refractivity contribution in [2.24, 2.45) is 0 Å². The van der Waals surface area contributed by atoms with Crippen molar-refractivity contribution >= 4 is 6.09 Å². The zero-order valence-electron chi connectivity index (χ0n) is 10.7. The summed E-state index contributed by atoms with van der Waals surface area (Å²) in [5.41, 5.74) is 0.790. The molecular weight excluding hydrogens is 216 g/mol. The van der Waals surface area contributed by atoms with Gasteiger partial charge in [-0.2, -0.15) is 0 Å². The van der Waals surface area contributed by atoms with Gasteiger partial charge in [0.05, 0.1) is 0 Å². The predicted octanol–water partition coefficient (Wildman–Crippen LogP) is 2.74. The number of nitrogens with one attached hydrogen (secondary N) is 1. The van der Waals surface area contributed by atoms with Crippen molar-refractivity contribution in [2.75, 3.05) is 13.1 Å². The fraction of sp³-hybridized carbons (Fsp3) is 0.615. The Labute approximate surface area is 102 Å². The first-order chi connectivity index (χ1) is 7.96. The number of amides is 1. The van der Waals surface area contributed by atoms with Crippen molar-refractivity contribution in [3.8, 4) is 0 Å². The first-order valence-corrected chi connectivity index (χ1v) is 6.07. The van der Waals surface area contributed by atoms with Gasteiger partial charge in [0.2, 0.25) is 0 Å². The maximum Gasteiger partial charge on any atom is 0.410 e. The zero-order chi connectivity index (χ0) is 12.5. The van der Waals surface area contributed by atoms with Gasteiger partial charge in [0, 0.05) is 30.9 Å². The molecule has 0 aromatic carbocycles. The molecular formula is C13H20N2O2. The van der Waals surface area contributed by atoms with Gasteiger partial charge in [-0.25, -0.2) is 4.79 Å². The van der Waals surface area contributed by atoms with Crippen LogP contribution < -0.4 is 0 Å². The molecule has 0 spiro atoms. The third-order valence-corrected chi connectivity index (χ3v) is 2.90. The molecule has 1 amide bonds. The van der Waals surface area contributed by atoms with E-state index < -0.39 is 5.60 Å². The van der Waals surface area contributed by atoms with Crippen LogP contribution in [-0.4, -0.2) is 34.7 Å². The molecule has 0 radical (unpaired) electrons. The second kappa shape index (κ2) is 4.43. The van der Waals surface area contributed by atoms with Crippen LogP contribution in [0.15, 0.2) is 18.3 Å². The summed E-state index contributed by atoms with van der Waals surface area (Å²) in [6.45, 7) is 7.20. The Morgan fingerprint density at radius 2 is 2.29 bits per heavy atom. The quantitative estimate of drug-likeness (QED) is 0.815. The van der Waals surface area contributed by atoms with E-state index in [0.29, 0.717) is 5.92 Å². The Bertz CT molecular complexity index is 379. The van der Waals surface area contributed by atoms with Gasteiger partial charge in [-0.05, 0) is 39.3 Å². The highest BCUT2D eigenvalue weighted by molar-refractivity contribution is 5.68. The van der Waals surface area contributed by atoms with Crippen LogP contribution in [0.4, 0.5) is 4.79 Å². The number of nitrogens with zero attached hydrogens (tertiary/aromatic N) is 1. The SMILES string of the molecule is CC(C)(C)OC(=O)N1CCC(c2ccc[nH]2)C1. The maximum absolute atomic E-state index is 11.9. The highest BCUT2D eigenvalue weighted by Gasteiger charge is 2.30. The predicted molar refractivity (Wildman–Crippen MR) is 66.0 cm³/mol. The van der Waals surface area contributed by atoms with Crippen LogP contribution in [0.3, 0.4) is 0 Å². The van der Waals surface area contributed by atoms with Crippen LogP contribution in [0, 0.1) is 0 Å². The minimum atomic E-state index is -0.415. The minimum absolute atomic E-state index is 0.202. The summed E-state index contributed by atoms with van der Waals surface area (Å²) in [6, 6.07) is 4.06. The van der Waals surface area contributed by atoms with Crippen molar-refractivity contribution in [1.29, 1.82) is 0 Å². The summed E-state index contributed by atoms with van der Waals surface area (Å²) in [7, 11) is 0. The average Bonchev–Trinajstić information content (AvgIpc) is 2.86. The summed E-state index contributed by atoms with van der Waals surface area (Å²) in [5.74, 6) is 0.414. The first-order valence-electron chi connectivity index (χ1n) is 6.07. The third-order valence-electron chi connectivity index (χ3n) is 2.90. The number of carbonyl (C=O) groups excluding carboxylic acids is 1. The van der Waals surface area contributed by atoms with Crippen molar-refractivity contribution in [1.82, 2.24) is 9.88 Å². The van der Waals surface area contributed by atoms with Crippen molar-refractivity contribution in [2.45, 2.75) is 38.7 Å². The molecule has 2 heterocycles. The Kier molecular flexibility index (Phi) is 3.13. The summed E-state index contributed by atoms with van der Waals surface area (Å²) in [4.78, 5) is 16.9. The fourth-order valence-electron chi connectivity index (χ4n) is 2.10. The summed E-state index contributed by atoms with van der Waals surface area (Å²) < 4.78 is 5.36. The number of carbonyl (C=O) groups is 1. The molecule has 94 valence electrons. The highest BCUT2D eigenvalue weighted by Crippen LogP contribution is 2.26. The molecule has 1 aromatic rings. The highest BCUT2D eigenvalue weighted by atomic mass is 16.6. The number of aromatic amines is 1. The van der Waals surface area contributed by atoms with E-state index in [-0.39, 0.29) is 6.09 Å². The molecule has 1 saturated heterocycles. The molecule has 1 fully saturated rings. The van der Waals surface area contributed by atoms with E-state index in [1.165, 1.54) is 5.69 Å². The van der Waals surface area contributed by atoms with E-state index in [0.717, 1.165) is 19.5 Å². The lowest BCUT2D eigenvalue weighted by atomic mass is 10.1. The number of hydrogen-bond donors (Lipinski definition) is 1. The van der Waals surface area contributed by atoms with E-state index in [9.17, 15) is 4.79 Å². The molecule has 2 rings (SSSR count). The van der Waals surface area contributed by atoms with Gasteiger partial charge in [-0.15, -0.1) is 0 Å². The van der Waals surface area contributed by atoms with Crippen LogP contribution >= 0.6 is 0 Å². The van der Waals surface area contributed by atoms with Crippen LogP contribution in [0.25, 0.3) is 0 Å². The number of likely N-dealkylation sites (tertiary alicyclic amines) is 1. The molecule has 1 N–H and O–H groups in total. The van der Waals surface area contributed by atoms with Crippen molar-refractivity contribution in [3.05, 3.63) is 24.0 Å². The van der Waals surface area contributed by atoms with E-state index in [4.69, 9.17) is 4.74 Å². The van der Waals surface area contributed by atoms with Gasteiger partial charge in [-0.1, -0.05) is 0 Å². The molecule has 0 aliphatic carbocycles. The lowest BCUT2D eigenvalue weighted by Crippen LogP contribution is -2.35. The van der Waals surface area contributed by atoms with Crippen molar-refractivity contribution < 1.29 is 9.53 Å². The molecule has 0 saturated carbocycles. The summed E-state index contributed by atoms with van der Waals surface area (Å²) >= 11 is 0. The van der Waals surface area contributed by atoms with Crippen LogP contribution in [-0.2, 0) is 4.74 Å². The zero-order valence-corrected chi connectivity index (χ0v) is 10.7. The molecule has 0 bridgehead atoms. The van der Waals surface area contributed by atoms with Gasteiger partial charge < -0.3 is 14.6 Å². The molecule has 17 heavy (non-hydrogen) atoms. The standard InChI is InChI=1S/C13H20N2O2/c1-13(2,3)17-12(16)15-8-6-10(9-15)11-5-4-7-14-11/h4-5,7,10,14H,6,8-9H2,1-3H3. The Morgan fingerprint density at radius 1 is 1.53 bits per heavy atom. The normalized spacial score (nSPS) is 20.6. The topological polar surface area (TPSA) is 45.3 Å². The minimum Gasteiger partial charge on any atom is -0.444 e. The van der Waals surface area contributed by atoms with E-state index in [1.54, 1.807) is 4.90 Å². The lowest BCUT2D eigenvalue weighted by Gasteiger charge is -2.24. The second-order valence-electron chi connectivity index (χ2n) is 5.54. The van der Waals surface area contributed by atoms with Gasteiger partial charge in [0.25, 0.3) is 0 Å². The van der Waals surface area contributed by atoms with Crippen LogP contribution in [0.1, 0.15) is 38.8 Å². The molecule has 1 aliphatic rings. The van der Waals surface area contributed by atoms with E-state index in [1.807, 2.05) is 33.0 Å². The Hall–Kier alpha value is -1.45.